The molecule has 0 unspecified atom stereocenters. The second-order valence-corrected chi connectivity index (χ2v) is 3.61. The van der Waals surface area contributed by atoms with Gasteiger partial charge in [-0.1, -0.05) is 18.2 Å². The molecule has 0 aliphatic heterocycles. The van der Waals surface area contributed by atoms with E-state index in [2.05, 4.69) is 0 Å². The number of ether oxygens (including phenoxy) is 1. The first-order valence-corrected chi connectivity index (χ1v) is 5.44. The number of phenolic OH excluding ortho intramolecular Hbond substituents is 1. The minimum atomic E-state index is 0.191. The highest BCUT2D eigenvalue weighted by Crippen LogP contribution is 2.29. The van der Waals surface area contributed by atoms with Crippen LogP contribution in [0, 0.1) is 0 Å². The second-order valence-electron chi connectivity index (χ2n) is 3.34. The van der Waals surface area contributed by atoms with Crippen molar-refractivity contribution in [2.75, 3.05) is 0 Å². The Morgan fingerprint density at radius 2 is 1.81 bits per heavy atom. The third-order valence-electron chi connectivity index (χ3n) is 2.16. The van der Waals surface area contributed by atoms with Crippen LogP contribution in [0.3, 0.4) is 0 Å². The highest BCUT2D eigenvalue weighted by molar-refractivity contribution is 6.17. The van der Waals surface area contributed by atoms with Gasteiger partial charge in [0.2, 0.25) is 0 Å². The van der Waals surface area contributed by atoms with Gasteiger partial charge in [0, 0.05) is 5.56 Å². The van der Waals surface area contributed by atoms with Gasteiger partial charge >= 0.3 is 0 Å². The van der Waals surface area contributed by atoms with Crippen LogP contribution in [0.1, 0.15) is 5.56 Å². The van der Waals surface area contributed by atoms with E-state index in [4.69, 9.17) is 16.3 Å². The molecule has 0 aliphatic rings. The van der Waals surface area contributed by atoms with Crippen molar-refractivity contribution in [3.8, 4) is 17.2 Å². The first kappa shape index (κ1) is 10.8. The summed E-state index contributed by atoms with van der Waals surface area (Å²) in [4.78, 5) is 0. The molecule has 0 spiro atoms. The van der Waals surface area contributed by atoms with Gasteiger partial charge in [0.1, 0.15) is 17.2 Å². The van der Waals surface area contributed by atoms with Crippen LogP contribution in [-0.2, 0) is 5.88 Å². The molecule has 0 saturated carbocycles. The zero-order valence-corrected chi connectivity index (χ0v) is 9.32. The molecule has 0 aromatic heterocycles. The maximum absolute atomic E-state index is 9.32. The Hall–Kier alpha value is -1.67. The van der Waals surface area contributed by atoms with E-state index in [1.807, 2.05) is 30.3 Å². The van der Waals surface area contributed by atoms with Gasteiger partial charge in [-0.15, -0.1) is 11.6 Å². The monoisotopic (exact) mass is 234 g/mol. The standard InChI is InChI=1S/C13H11ClO2/c14-9-10-8-11(15)6-7-13(10)16-12-4-2-1-3-5-12/h1-8,15H,9H2. The molecule has 1 N–H and O–H groups in total. The van der Waals surface area contributed by atoms with Crippen molar-refractivity contribution >= 4 is 11.6 Å². The Bertz CT molecular complexity index is 469. The largest absolute Gasteiger partial charge is 0.508 e. The van der Waals surface area contributed by atoms with Gasteiger partial charge in [0.15, 0.2) is 0 Å². The third-order valence-corrected chi connectivity index (χ3v) is 2.45. The lowest BCUT2D eigenvalue weighted by molar-refractivity contribution is 0.461. The Kier molecular flexibility index (Phi) is 3.32. The minimum absolute atomic E-state index is 0.191. The predicted molar refractivity (Wildman–Crippen MR) is 64.2 cm³/mol. The number of hydrogen-bond donors (Lipinski definition) is 1. The van der Waals surface area contributed by atoms with Crippen molar-refractivity contribution in [2.24, 2.45) is 0 Å². The fraction of sp³-hybridized carbons (Fsp3) is 0.0769. The molecule has 2 aromatic rings. The zero-order valence-electron chi connectivity index (χ0n) is 8.56. The average molecular weight is 235 g/mol. The molecule has 0 aliphatic carbocycles. The molecular weight excluding hydrogens is 224 g/mol. The van der Waals surface area contributed by atoms with Crippen LogP contribution in [-0.4, -0.2) is 5.11 Å². The molecule has 0 atom stereocenters. The van der Waals surface area contributed by atoms with Crippen molar-refractivity contribution in [3.63, 3.8) is 0 Å². The fourth-order valence-electron chi connectivity index (χ4n) is 1.39. The number of halogens is 1. The molecule has 0 amide bonds. The predicted octanol–water partition coefficient (Wildman–Crippen LogP) is 3.92. The molecule has 0 bridgehead atoms. The molecular formula is C13H11ClO2. The highest BCUT2D eigenvalue weighted by atomic mass is 35.5. The summed E-state index contributed by atoms with van der Waals surface area (Å²) in [6.45, 7) is 0. The summed E-state index contributed by atoms with van der Waals surface area (Å²) in [6, 6.07) is 14.3. The fourth-order valence-corrected chi connectivity index (χ4v) is 1.59. The number of aromatic hydroxyl groups is 1. The van der Waals surface area contributed by atoms with Gasteiger partial charge in [0.05, 0.1) is 5.88 Å². The number of alkyl halides is 1. The molecule has 2 nitrogen and oxygen atoms in total. The van der Waals surface area contributed by atoms with Crippen LogP contribution >= 0.6 is 11.6 Å². The van der Waals surface area contributed by atoms with Crippen molar-refractivity contribution < 1.29 is 9.84 Å². The number of para-hydroxylation sites is 1. The van der Waals surface area contributed by atoms with Gasteiger partial charge in [-0.25, -0.2) is 0 Å². The summed E-state index contributed by atoms with van der Waals surface area (Å²) in [5, 5.41) is 9.32. The second kappa shape index (κ2) is 4.90. The van der Waals surface area contributed by atoms with E-state index in [0.717, 1.165) is 11.3 Å². The van der Waals surface area contributed by atoms with Crippen molar-refractivity contribution in [1.29, 1.82) is 0 Å². The molecule has 2 rings (SSSR count). The number of benzene rings is 2. The Morgan fingerprint density at radius 3 is 2.50 bits per heavy atom. The van der Waals surface area contributed by atoms with Gasteiger partial charge in [-0.3, -0.25) is 0 Å². The van der Waals surface area contributed by atoms with Crippen molar-refractivity contribution in [2.45, 2.75) is 5.88 Å². The Labute approximate surface area is 99.1 Å². The van der Waals surface area contributed by atoms with E-state index in [9.17, 15) is 5.11 Å². The van der Waals surface area contributed by atoms with Crippen LogP contribution < -0.4 is 4.74 Å². The maximum atomic E-state index is 9.32. The van der Waals surface area contributed by atoms with Gasteiger partial charge in [-0.05, 0) is 30.3 Å². The molecule has 16 heavy (non-hydrogen) atoms. The summed E-state index contributed by atoms with van der Waals surface area (Å²) in [5.74, 6) is 1.91. The molecule has 0 radical (unpaired) electrons. The Morgan fingerprint density at radius 1 is 1.06 bits per heavy atom. The zero-order chi connectivity index (χ0) is 11.4. The molecule has 0 saturated heterocycles. The van der Waals surface area contributed by atoms with E-state index in [1.54, 1.807) is 18.2 Å². The SMILES string of the molecule is Oc1ccc(Oc2ccccc2)c(CCl)c1. The van der Waals surface area contributed by atoms with Crippen LogP contribution in [0.5, 0.6) is 17.2 Å². The van der Waals surface area contributed by atoms with E-state index < -0.39 is 0 Å². The van der Waals surface area contributed by atoms with E-state index in [1.165, 1.54) is 0 Å². The Balaban J connectivity index is 2.28. The molecule has 82 valence electrons. The van der Waals surface area contributed by atoms with Gasteiger partial charge in [0.25, 0.3) is 0 Å². The van der Waals surface area contributed by atoms with Crippen molar-refractivity contribution in [1.82, 2.24) is 0 Å². The lowest BCUT2D eigenvalue weighted by Crippen LogP contribution is -1.89. The van der Waals surface area contributed by atoms with Gasteiger partial charge < -0.3 is 9.84 Å². The quantitative estimate of drug-likeness (QED) is 0.816. The summed E-state index contributed by atoms with van der Waals surface area (Å²) >= 11 is 5.78. The van der Waals surface area contributed by atoms with Crippen LogP contribution in [0.15, 0.2) is 48.5 Å². The summed E-state index contributed by atoms with van der Waals surface area (Å²) in [7, 11) is 0. The van der Waals surface area contributed by atoms with Crippen LogP contribution in [0.25, 0.3) is 0 Å². The summed E-state index contributed by atoms with van der Waals surface area (Å²) < 4.78 is 5.66. The maximum Gasteiger partial charge on any atom is 0.132 e. The normalized spacial score (nSPS) is 10.1. The topological polar surface area (TPSA) is 29.5 Å². The lowest BCUT2D eigenvalue weighted by atomic mass is 10.2. The molecule has 2 aromatic carbocycles. The summed E-state index contributed by atoms with van der Waals surface area (Å²) in [6.07, 6.45) is 0. The van der Waals surface area contributed by atoms with E-state index in [0.29, 0.717) is 11.6 Å². The van der Waals surface area contributed by atoms with Gasteiger partial charge in [-0.2, -0.15) is 0 Å². The minimum Gasteiger partial charge on any atom is -0.508 e. The lowest BCUT2D eigenvalue weighted by Gasteiger charge is -2.09. The average Bonchev–Trinajstić information content (AvgIpc) is 2.33. The third kappa shape index (κ3) is 2.47. The first-order chi connectivity index (χ1) is 7.79. The first-order valence-electron chi connectivity index (χ1n) is 4.90. The van der Waals surface area contributed by atoms with Crippen LogP contribution in [0.4, 0.5) is 0 Å². The van der Waals surface area contributed by atoms with E-state index >= 15 is 0 Å². The number of rotatable bonds is 3. The van der Waals surface area contributed by atoms with E-state index in [-0.39, 0.29) is 5.75 Å². The number of hydrogen-bond acceptors (Lipinski definition) is 2. The van der Waals surface area contributed by atoms with Crippen LogP contribution in [0.2, 0.25) is 0 Å². The summed E-state index contributed by atoms with van der Waals surface area (Å²) in [5.41, 5.74) is 0.769. The molecule has 0 heterocycles. The molecule has 3 heteroatoms. The molecule has 0 fully saturated rings. The number of phenols is 1. The smallest absolute Gasteiger partial charge is 0.132 e. The van der Waals surface area contributed by atoms with Crippen molar-refractivity contribution in [3.05, 3.63) is 54.1 Å². The highest BCUT2D eigenvalue weighted by Gasteiger charge is 2.04.